The maximum Gasteiger partial charge on any atom is 0.254 e. The molecule has 5 nitrogen and oxygen atoms in total. The Labute approximate surface area is 168 Å². The smallest absolute Gasteiger partial charge is 0.254 e. The molecule has 1 aromatic heterocycles. The maximum atomic E-state index is 13.4. The summed E-state index contributed by atoms with van der Waals surface area (Å²) in [7, 11) is 0. The summed E-state index contributed by atoms with van der Waals surface area (Å²) < 4.78 is 28.7. The van der Waals surface area contributed by atoms with Gasteiger partial charge in [-0.15, -0.1) is 0 Å². The minimum absolute atomic E-state index is 0.102. The molecule has 1 aromatic carbocycles. The van der Waals surface area contributed by atoms with Crippen molar-refractivity contribution in [1.29, 1.82) is 0 Å². The van der Waals surface area contributed by atoms with Crippen molar-refractivity contribution >= 4 is 11.7 Å². The van der Waals surface area contributed by atoms with Crippen molar-refractivity contribution in [2.45, 2.75) is 32.7 Å². The Bertz CT molecular complexity index is 957. The molecule has 1 aliphatic heterocycles. The second-order valence-electron chi connectivity index (χ2n) is 8.01. The average Bonchev–Trinajstić information content (AvgIpc) is 3.48. The number of Topliss-reactive ketones (excluding diaryl/α,β-unsaturated/α-hetero) is 1. The molecule has 2 fully saturated rings. The van der Waals surface area contributed by atoms with Gasteiger partial charge >= 0.3 is 0 Å². The van der Waals surface area contributed by atoms with Gasteiger partial charge in [-0.25, -0.2) is 8.78 Å². The van der Waals surface area contributed by atoms with Gasteiger partial charge in [-0.2, -0.15) is 0 Å². The number of nitrogens with zero attached hydrogens (tertiary/aromatic N) is 3. The molecular weight excluding hydrogens is 376 g/mol. The summed E-state index contributed by atoms with van der Waals surface area (Å²) in [6, 6.07) is 5.73. The number of aromatic nitrogens is 1. The predicted octanol–water partition coefficient (Wildman–Crippen LogP) is 3.36. The van der Waals surface area contributed by atoms with Crippen LogP contribution in [0.1, 0.15) is 51.0 Å². The fourth-order valence-electron chi connectivity index (χ4n) is 4.16. The molecule has 154 valence electrons. The van der Waals surface area contributed by atoms with Crippen LogP contribution in [-0.4, -0.2) is 58.8 Å². The van der Waals surface area contributed by atoms with Crippen molar-refractivity contribution in [3.63, 3.8) is 0 Å². The second kappa shape index (κ2) is 7.71. The van der Waals surface area contributed by atoms with E-state index in [9.17, 15) is 18.4 Å². The molecule has 1 saturated heterocycles. The van der Waals surface area contributed by atoms with E-state index in [1.807, 2.05) is 24.8 Å². The van der Waals surface area contributed by atoms with E-state index < -0.39 is 11.6 Å². The van der Waals surface area contributed by atoms with Gasteiger partial charge in [-0.05, 0) is 51.0 Å². The summed E-state index contributed by atoms with van der Waals surface area (Å²) in [5.41, 5.74) is 3.10. The highest BCUT2D eigenvalue weighted by molar-refractivity contribution is 5.99. The summed E-state index contributed by atoms with van der Waals surface area (Å²) in [5, 5.41) is 0. The minimum Gasteiger partial charge on any atom is -0.345 e. The van der Waals surface area contributed by atoms with Crippen molar-refractivity contribution in [2.75, 3.05) is 32.7 Å². The number of piperazine rings is 1. The number of aryl methyl sites for hydroxylation is 1. The number of carbonyl (C=O) groups is 2. The number of halogens is 2. The van der Waals surface area contributed by atoms with Gasteiger partial charge in [-0.1, -0.05) is 0 Å². The van der Waals surface area contributed by atoms with Gasteiger partial charge in [0.25, 0.3) is 5.91 Å². The average molecular weight is 401 g/mol. The number of benzene rings is 1. The van der Waals surface area contributed by atoms with Crippen LogP contribution in [0.15, 0.2) is 24.3 Å². The monoisotopic (exact) mass is 401 g/mol. The first-order chi connectivity index (χ1) is 13.8. The van der Waals surface area contributed by atoms with Crippen LogP contribution in [0.3, 0.4) is 0 Å². The van der Waals surface area contributed by atoms with Crippen LogP contribution in [0, 0.1) is 25.5 Å². The largest absolute Gasteiger partial charge is 0.345 e. The van der Waals surface area contributed by atoms with E-state index in [4.69, 9.17) is 0 Å². The van der Waals surface area contributed by atoms with Crippen molar-refractivity contribution in [3.8, 4) is 0 Å². The van der Waals surface area contributed by atoms with Crippen molar-refractivity contribution in [1.82, 2.24) is 14.4 Å². The number of ketones is 1. The highest BCUT2D eigenvalue weighted by Crippen LogP contribution is 2.38. The first-order valence-electron chi connectivity index (χ1n) is 10.0. The summed E-state index contributed by atoms with van der Waals surface area (Å²) in [5.74, 6) is -2.21. The van der Waals surface area contributed by atoms with Crippen LogP contribution in [0.25, 0.3) is 0 Å². The van der Waals surface area contributed by atoms with Gasteiger partial charge in [0.2, 0.25) is 0 Å². The van der Waals surface area contributed by atoms with Crippen molar-refractivity contribution in [3.05, 3.63) is 58.4 Å². The Kier molecular flexibility index (Phi) is 5.25. The van der Waals surface area contributed by atoms with E-state index in [0.29, 0.717) is 38.8 Å². The predicted molar refractivity (Wildman–Crippen MR) is 105 cm³/mol. The Morgan fingerprint density at radius 1 is 1.00 bits per heavy atom. The van der Waals surface area contributed by atoms with Gasteiger partial charge in [0, 0.05) is 54.7 Å². The Morgan fingerprint density at radius 3 is 2.31 bits per heavy atom. The Morgan fingerprint density at radius 2 is 1.69 bits per heavy atom. The molecule has 2 aromatic rings. The number of amides is 1. The van der Waals surface area contributed by atoms with Crippen LogP contribution in [0.4, 0.5) is 8.78 Å². The Hall–Kier alpha value is -2.54. The number of hydrogen-bond acceptors (Lipinski definition) is 3. The number of rotatable bonds is 5. The van der Waals surface area contributed by atoms with E-state index in [2.05, 4.69) is 4.57 Å². The highest BCUT2D eigenvalue weighted by atomic mass is 19.2. The van der Waals surface area contributed by atoms with Gasteiger partial charge in [0.15, 0.2) is 17.4 Å². The van der Waals surface area contributed by atoms with E-state index in [0.717, 1.165) is 29.1 Å². The molecule has 0 atom stereocenters. The third kappa shape index (κ3) is 3.96. The third-order valence-corrected chi connectivity index (χ3v) is 5.89. The Balaban J connectivity index is 1.35. The lowest BCUT2D eigenvalue weighted by Crippen LogP contribution is -2.50. The minimum atomic E-state index is -1.02. The summed E-state index contributed by atoms with van der Waals surface area (Å²) in [4.78, 5) is 29.0. The summed E-state index contributed by atoms with van der Waals surface area (Å²) in [6.07, 6.45) is 2.36. The molecule has 0 radical (unpaired) electrons. The molecule has 0 spiro atoms. The van der Waals surface area contributed by atoms with E-state index in [-0.39, 0.29) is 17.3 Å². The first kappa shape index (κ1) is 19.8. The van der Waals surface area contributed by atoms with Crippen molar-refractivity contribution < 1.29 is 18.4 Å². The normalized spacial score (nSPS) is 17.6. The fraction of sp³-hybridized carbons (Fsp3) is 0.455. The third-order valence-electron chi connectivity index (χ3n) is 5.89. The van der Waals surface area contributed by atoms with Crippen LogP contribution in [-0.2, 0) is 0 Å². The van der Waals surface area contributed by atoms with E-state index in [1.54, 1.807) is 4.90 Å². The lowest BCUT2D eigenvalue weighted by Gasteiger charge is -2.34. The second-order valence-corrected chi connectivity index (χ2v) is 8.01. The van der Waals surface area contributed by atoms with Gasteiger partial charge in [0.1, 0.15) is 0 Å². The maximum absolute atomic E-state index is 13.4. The summed E-state index contributed by atoms with van der Waals surface area (Å²) >= 11 is 0. The van der Waals surface area contributed by atoms with Crippen LogP contribution in [0.2, 0.25) is 0 Å². The zero-order valence-corrected chi connectivity index (χ0v) is 16.8. The van der Waals surface area contributed by atoms with Gasteiger partial charge < -0.3 is 9.47 Å². The first-order valence-corrected chi connectivity index (χ1v) is 10.0. The molecule has 4 rings (SSSR count). The fourth-order valence-corrected chi connectivity index (χ4v) is 4.16. The molecule has 0 unspecified atom stereocenters. The molecule has 2 aliphatic rings. The molecular formula is C22H25F2N3O2. The standard InChI is InChI=1S/C22H25F2N3O2/c1-14-11-18(15(2)27(14)17-4-5-17)21(28)13-25-7-9-26(10-8-25)22(29)16-3-6-19(23)20(24)12-16/h3,6,11-12,17H,4-5,7-10,13H2,1-2H3. The SMILES string of the molecule is Cc1cc(C(=O)CN2CCN(C(=O)c3ccc(F)c(F)c3)CC2)c(C)n1C1CC1. The topological polar surface area (TPSA) is 45.6 Å². The van der Waals surface area contributed by atoms with E-state index in [1.165, 1.54) is 18.9 Å². The molecule has 29 heavy (non-hydrogen) atoms. The van der Waals surface area contributed by atoms with Gasteiger partial charge in [-0.3, -0.25) is 14.5 Å². The van der Waals surface area contributed by atoms with Gasteiger partial charge in [0.05, 0.1) is 6.54 Å². The van der Waals surface area contributed by atoms with Crippen LogP contribution < -0.4 is 0 Å². The quantitative estimate of drug-likeness (QED) is 0.722. The lowest BCUT2D eigenvalue weighted by atomic mass is 10.1. The molecule has 2 heterocycles. The molecule has 1 aliphatic carbocycles. The van der Waals surface area contributed by atoms with Crippen LogP contribution in [0.5, 0.6) is 0 Å². The zero-order chi connectivity index (χ0) is 20.7. The summed E-state index contributed by atoms with van der Waals surface area (Å²) in [6.45, 7) is 6.42. The lowest BCUT2D eigenvalue weighted by molar-refractivity contribution is 0.0624. The molecule has 0 bridgehead atoms. The van der Waals surface area contributed by atoms with E-state index >= 15 is 0 Å². The molecule has 0 N–H and O–H groups in total. The molecule has 1 amide bonds. The zero-order valence-electron chi connectivity index (χ0n) is 16.8. The number of carbonyl (C=O) groups excluding carboxylic acids is 2. The van der Waals surface area contributed by atoms with Crippen LogP contribution >= 0.6 is 0 Å². The number of hydrogen-bond donors (Lipinski definition) is 0. The molecule has 1 saturated carbocycles. The highest BCUT2D eigenvalue weighted by Gasteiger charge is 2.29. The van der Waals surface area contributed by atoms with Crippen molar-refractivity contribution in [2.24, 2.45) is 0 Å². The molecule has 7 heteroatoms.